The minimum atomic E-state index is 0.0971. The van der Waals surface area contributed by atoms with Gasteiger partial charge < -0.3 is 10.6 Å². The van der Waals surface area contributed by atoms with Crippen LogP contribution in [0.4, 0.5) is 0 Å². The van der Waals surface area contributed by atoms with Gasteiger partial charge in [-0.15, -0.1) is 0 Å². The van der Waals surface area contributed by atoms with Gasteiger partial charge in [0.15, 0.2) is 0 Å². The smallest absolute Gasteiger partial charge is 0.234 e. The SMILES string of the molecule is CC(C)C(C)NC(=O)CNC1CC1c1ccccc1. The number of carbonyl (C=O) groups is 1. The molecule has 1 aliphatic carbocycles. The van der Waals surface area contributed by atoms with E-state index >= 15 is 0 Å². The average Bonchev–Trinajstić information content (AvgIpc) is 3.17. The second kappa shape index (κ2) is 6.20. The van der Waals surface area contributed by atoms with E-state index in [1.54, 1.807) is 0 Å². The highest BCUT2D eigenvalue weighted by Gasteiger charge is 2.37. The van der Waals surface area contributed by atoms with E-state index in [1.165, 1.54) is 5.56 Å². The molecule has 0 aromatic heterocycles. The van der Waals surface area contributed by atoms with Crippen LogP contribution in [0.5, 0.6) is 0 Å². The van der Waals surface area contributed by atoms with Crippen molar-refractivity contribution in [2.75, 3.05) is 6.54 Å². The molecule has 1 aliphatic rings. The molecule has 1 fully saturated rings. The fourth-order valence-corrected chi connectivity index (χ4v) is 2.18. The average molecular weight is 260 g/mol. The van der Waals surface area contributed by atoms with Crippen molar-refractivity contribution < 1.29 is 4.79 Å². The lowest BCUT2D eigenvalue weighted by Gasteiger charge is -2.17. The number of hydrogen-bond acceptors (Lipinski definition) is 2. The van der Waals surface area contributed by atoms with Crippen molar-refractivity contribution in [2.24, 2.45) is 5.92 Å². The highest BCUT2D eigenvalue weighted by Crippen LogP contribution is 2.40. The topological polar surface area (TPSA) is 41.1 Å². The van der Waals surface area contributed by atoms with Crippen LogP contribution in [0.1, 0.15) is 38.7 Å². The third-order valence-electron chi connectivity index (χ3n) is 3.93. The Labute approximate surface area is 115 Å². The van der Waals surface area contributed by atoms with Crippen LogP contribution in [0, 0.1) is 5.92 Å². The molecular formula is C16H24N2O. The Hall–Kier alpha value is -1.35. The number of nitrogens with one attached hydrogen (secondary N) is 2. The van der Waals surface area contributed by atoms with Crippen LogP contribution in [0.25, 0.3) is 0 Å². The van der Waals surface area contributed by atoms with Crippen LogP contribution < -0.4 is 10.6 Å². The van der Waals surface area contributed by atoms with E-state index in [4.69, 9.17) is 0 Å². The standard InChI is InChI=1S/C16H24N2O/c1-11(2)12(3)18-16(19)10-17-15-9-14(15)13-7-5-4-6-8-13/h4-8,11-12,14-15,17H,9-10H2,1-3H3,(H,18,19). The van der Waals surface area contributed by atoms with Crippen LogP contribution in [-0.2, 0) is 4.79 Å². The molecular weight excluding hydrogens is 236 g/mol. The van der Waals surface area contributed by atoms with Gasteiger partial charge in [0.1, 0.15) is 0 Å². The first-order valence-electron chi connectivity index (χ1n) is 7.15. The lowest BCUT2D eigenvalue weighted by molar-refractivity contribution is -0.121. The van der Waals surface area contributed by atoms with E-state index in [9.17, 15) is 4.79 Å². The summed E-state index contributed by atoms with van der Waals surface area (Å²) in [7, 11) is 0. The fourth-order valence-electron chi connectivity index (χ4n) is 2.18. The number of amides is 1. The quantitative estimate of drug-likeness (QED) is 0.824. The van der Waals surface area contributed by atoms with Gasteiger partial charge in [-0.1, -0.05) is 44.2 Å². The number of hydrogen-bond donors (Lipinski definition) is 2. The molecule has 3 unspecified atom stereocenters. The zero-order valence-corrected chi connectivity index (χ0v) is 12.0. The Bertz CT molecular complexity index is 416. The maximum atomic E-state index is 11.8. The van der Waals surface area contributed by atoms with Crippen molar-refractivity contribution in [3.8, 4) is 0 Å². The summed E-state index contributed by atoms with van der Waals surface area (Å²) >= 11 is 0. The van der Waals surface area contributed by atoms with Crippen LogP contribution >= 0.6 is 0 Å². The van der Waals surface area contributed by atoms with Crippen LogP contribution in [-0.4, -0.2) is 24.5 Å². The van der Waals surface area contributed by atoms with Crippen LogP contribution in [0.2, 0.25) is 0 Å². The lowest BCUT2D eigenvalue weighted by atomic mass is 10.1. The summed E-state index contributed by atoms with van der Waals surface area (Å²) in [6, 6.07) is 11.2. The summed E-state index contributed by atoms with van der Waals surface area (Å²) in [6.07, 6.45) is 1.14. The molecule has 0 saturated heterocycles. The molecule has 0 radical (unpaired) electrons. The van der Waals surface area contributed by atoms with Crippen molar-refractivity contribution in [1.29, 1.82) is 0 Å². The summed E-state index contributed by atoms with van der Waals surface area (Å²) < 4.78 is 0. The highest BCUT2D eigenvalue weighted by atomic mass is 16.2. The Balaban J connectivity index is 1.69. The molecule has 104 valence electrons. The Morgan fingerprint density at radius 2 is 1.95 bits per heavy atom. The van der Waals surface area contributed by atoms with Crippen LogP contribution in [0.3, 0.4) is 0 Å². The van der Waals surface area contributed by atoms with Gasteiger partial charge in [-0.25, -0.2) is 0 Å². The Morgan fingerprint density at radius 3 is 2.58 bits per heavy atom. The van der Waals surface area contributed by atoms with Gasteiger partial charge in [0, 0.05) is 18.0 Å². The Morgan fingerprint density at radius 1 is 1.26 bits per heavy atom. The van der Waals surface area contributed by atoms with Crippen molar-refractivity contribution >= 4 is 5.91 Å². The van der Waals surface area contributed by atoms with Gasteiger partial charge in [0.2, 0.25) is 5.91 Å². The first-order chi connectivity index (χ1) is 9.08. The molecule has 0 aliphatic heterocycles. The summed E-state index contributed by atoms with van der Waals surface area (Å²) in [5.41, 5.74) is 1.37. The van der Waals surface area contributed by atoms with Gasteiger partial charge in [-0.05, 0) is 24.8 Å². The predicted octanol–water partition coefficient (Wildman–Crippen LogP) is 2.29. The predicted molar refractivity (Wildman–Crippen MR) is 78.0 cm³/mol. The second-order valence-electron chi connectivity index (χ2n) is 5.84. The Kier molecular flexibility index (Phi) is 4.59. The second-order valence-corrected chi connectivity index (χ2v) is 5.84. The molecule has 0 bridgehead atoms. The maximum absolute atomic E-state index is 11.8. The normalized spacial score (nSPS) is 23.2. The number of rotatable bonds is 6. The summed E-state index contributed by atoms with van der Waals surface area (Å²) in [5.74, 6) is 1.15. The van der Waals surface area contributed by atoms with E-state index in [1.807, 2.05) is 13.0 Å². The molecule has 19 heavy (non-hydrogen) atoms. The molecule has 0 spiro atoms. The highest BCUT2D eigenvalue weighted by molar-refractivity contribution is 5.78. The maximum Gasteiger partial charge on any atom is 0.234 e. The molecule has 1 aromatic carbocycles. The third-order valence-corrected chi connectivity index (χ3v) is 3.93. The van der Waals surface area contributed by atoms with Crippen LogP contribution in [0.15, 0.2) is 30.3 Å². The van der Waals surface area contributed by atoms with Gasteiger partial charge in [0.05, 0.1) is 6.54 Å². The van der Waals surface area contributed by atoms with E-state index in [2.05, 4.69) is 48.7 Å². The monoisotopic (exact) mass is 260 g/mol. The van der Waals surface area contributed by atoms with Gasteiger partial charge in [0.25, 0.3) is 0 Å². The van der Waals surface area contributed by atoms with Gasteiger partial charge >= 0.3 is 0 Å². The zero-order chi connectivity index (χ0) is 13.8. The fraction of sp³-hybridized carbons (Fsp3) is 0.562. The van der Waals surface area contributed by atoms with Gasteiger partial charge in [-0.3, -0.25) is 4.79 Å². The molecule has 1 aromatic rings. The van der Waals surface area contributed by atoms with Crippen molar-refractivity contribution in [2.45, 2.75) is 45.2 Å². The molecule has 3 atom stereocenters. The zero-order valence-electron chi connectivity index (χ0n) is 12.0. The van der Waals surface area contributed by atoms with Crippen molar-refractivity contribution in [1.82, 2.24) is 10.6 Å². The van der Waals surface area contributed by atoms with Crippen molar-refractivity contribution in [3.05, 3.63) is 35.9 Å². The molecule has 2 rings (SSSR count). The summed E-state index contributed by atoms with van der Waals surface area (Å²) in [6.45, 7) is 6.70. The van der Waals surface area contributed by atoms with E-state index in [0.29, 0.717) is 24.4 Å². The van der Waals surface area contributed by atoms with E-state index in [0.717, 1.165) is 6.42 Å². The minimum Gasteiger partial charge on any atom is -0.352 e. The molecule has 1 amide bonds. The molecule has 2 N–H and O–H groups in total. The molecule has 0 heterocycles. The van der Waals surface area contributed by atoms with E-state index in [-0.39, 0.29) is 11.9 Å². The van der Waals surface area contributed by atoms with E-state index < -0.39 is 0 Å². The first-order valence-corrected chi connectivity index (χ1v) is 7.15. The summed E-state index contributed by atoms with van der Waals surface area (Å²) in [5, 5.41) is 6.35. The summed E-state index contributed by atoms with van der Waals surface area (Å²) in [4.78, 5) is 11.8. The molecule has 3 nitrogen and oxygen atoms in total. The first kappa shape index (κ1) is 14.1. The number of benzene rings is 1. The van der Waals surface area contributed by atoms with Gasteiger partial charge in [-0.2, -0.15) is 0 Å². The third kappa shape index (κ3) is 4.06. The minimum absolute atomic E-state index is 0.0971. The largest absolute Gasteiger partial charge is 0.352 e. The lowest BCUT2D eigenvalue weighted by Crippen LogP contribution is -2.41. The molecule has 3 heteroatoms. The van der Waals surface area contributed by atoms with Crippen molar-refractivity contribution in [3.63, 3.8) is 0 Å². The molecule has 1 saturated carbocycles. The number of carbonyl (C=O) groups excluding carboxylic acids is 1.